The number of carbonyl (C=O) groups excluding carboxylic acids is 1. The third kappa shape index (κ3) is 5.01. The van der Waals surface area contributed by atoms with E-state index in [-0.39, 0.29) is 30.0 Å². The normalized spacial score (nSPS) is 18.4. The van der Waals surface area contributed by atoms with Gasteiger partial charge in [-0.1, -0.05) is 40.5 Å². The van der Waals surface area contributed by atoms with Gasteiger partial charge in [-0.2, -0.15) is 0 Å². The second-order valence-corrected chi connectivity index (χ2v) is 10.5. The monoisotopic (exact) mass is 530 g/mol. The Kier molecular flexibility index (Phi) is 6.95. The van der Waals surface area contributed by atoms with Gasteiger partial charge in [-0.05, 0) is 38.0 Å². The zero-order valence-corrected chi connectivity index (χ0v) is 21.4. The Bertz CT molecular complexity index is 1320. The van der Waals surface area contributed by atoms with Gasteiger partial charge >= 0.3 is 0 Å². The van der Waals surface area contributed by atoms with Gasteiger partial charge in [0.2, 0.25) is 5.91 Å². The number of carbonyl (C=O) groups is 1. The van der Waals surface area contributed by atoms with Gasteiger partial charge in [0.05, 0.1) is 10.7 Å². The quantitative estimate of drug-likeness (QED) is 0.454. The molecule has 1 atom stereocenters. The summed E-state index contributed by atoms with van der Waals surface area (Å²) in [6.45, 7) is 3.13. The average molecular weight is 531 g/mol. The van der Waals surface area contributed by atoms with E-state index in [2.05, 4.69) is 5.16 Å². The van der Waals surface area contributed by atoms with E-state index in [1.165, 1.54) is 4.57 Å². The van der Waals surface area contributed by atoms with Crippen LogP contribution in [0.4, 0.5) is 0 Å². The van der Waals surface area contributed by atoms with Crippen LogP contribution in [0.1, 0.15) is 53.1 Å². The van der Waals surface area contributed by atoms with E-state index in [1.54, 1.807) is 54.8 Å². The first kappa shape index (κ1) is 24.0. The van der Waals surface area contributed by atoms with Crippen molar-refractivity contribution in [2.24, 2.45) is 5.16 Å². The largest absolute Gasteiger partial charge is 0.387 e. The molecule has 1 unspecified atom stereocenters. The molecule has 1 aromatic carbocycles. The summed E-state index contributed by atoms with van der Waals surface area (Å²) < 4.78 is 1.48. The van der Waals surface area contributed by atoms with Crippen LogP contribution in [-0.4, -0.2) is 39.2 Å². The summed E-state index contributed by atoms with van der Waals surface area (Å²) >= 11 is 14.3. The fraction of sp³-hybridized carbons (Fsp3) is 0.360. The summed E-state index contributed by atoms with van der Waals surface area (Å²) in [7, 11) is 0. The van der Waals surface area contributed by atoms with Gasteiger partial charge in [-0.15, -0.1) is 11.3 Å². The van der Waals surface area contributed by atoms with Crippen LogP contribution in [0.25, 0.3) is 0 Å². The van der Waals surface area contributed by atoms with Crippen LogP contribution in [0.5, 0.6) is 0 Å². The van der Waals surface area contributed by atoms with Crippen LogP contribution in [0.15, 0.2) is 51.9 Å². The number of aromatic nitrogens is 2. The number of pyridine rings is 1. The van der Waals surface area contributed by atoms with Crippen molar-refractivity contribution in [2.45, 2.75) is 44.8 Å². The Morgan fingerprint density at radius 1 is 1.17 bits per heavy atom. The molecule has 10 heteroatoms. The highest BCUT2D eigenvalue weighted by Crippen LogP contribution is 2.38. The summed E-state index contributed by atoms with van der Waals surface area (Å²) in [5.41, 5.74) is 2.86. The van der Waals surface area contributed by atoms with E-state index in [0.717, 1.165) is 34.8 Å². The average Bonchev–Trinajstić information content (AvgIpc) is 3.52. The molecule has 0 radical (unpaired) electrons. The van der Waals surface area contributed by atoms with E-state index in [9.17, 15) is 9.59 Å². The van der Waals surface area contributed by atoms with Crippen molar-refractivity contribution in [1.29, 1.82) is 0 Å². The first-order valence-electron chi connectivity index (χ1n) is 11.5. The Labute approximate surface area is 216 Å². The molecule has 182 valence electrons. The molecule has 2 aliphatic rings. The molecule has 0 saturated carbocycles. The number of hydrogen-bond donors (Lipinski definition) is 0. The number of piperidine rings is 1. The Hall–Kier alpha value is -2.68. The van der Waals surface area contributed by atoms with Crippen molar-refractivity contribution >= 4 is 46.2 Å². The minimum atomic E-state index is -0.327. The first-order valence-corrected chi connectivity index (χ1v) is 13.1. The number of thiazole rings is 1. The van der Waals surface area contributed by atoms with Crippen molar-refractivity contribution in [3.05, 3.63) is 84.1 Å². The summed E-state index contributed by atoms with van der Waals surface area (Å²) in [5.74, 6) is 0.258. The third-order valence-corrected chi connectivity index (χ3v) is 8.19. The predicted molar refractivity (Wildman–Crippen MR) is 138 cm³/mol. The number of aryl methyl sites for hydroxylation is 1. The number of hydrogen-bond acceptors (Lipinski definition) is 6. The molecule has 2 aromatic heterocycles. The van der Waals surface area contributed by atoms with Crippen LogP contribution in [0.3, 0.4) is 0 Å². The lowest BCUT2D eigenvalue weighted by Gasteiger charge is -2.31. The molecule has 7 nitrogen and oxygen atoms in total. The van der Waals surface area contributed by atoms with Gasteiger partial charge < -0.3 is 14.3 Å². The van der Waals surface area contributed by atoms with Crippen LogP contribution >= 0.6 is 34.5 Å². The lowest BCUT2D eigenvalue weighted by atomic mass is 9.97. The molecule has 0 N–H and O–H groups in total. The fourth-order valence-corrected chi connectivity index (χ4v) is 6.15. The minimum Gasteiger partial charge on any atom is -0.387 e. The zero-order valence-electron chi connectivity index (χ0n) is 19.1. The number of halogens is 2. The molecular weight excluding hydrogens is 507 g/mol. The number of likely N-dealkylation sites (tertiary alicyclic amines) is 1. The summed E-state index contributed by atoms with van der Waals surface area (Å²) in [6, 6.07) is 8.94. The van der Waals surface area contributed by atoms with Crippen molar-refractivity contribution in [3.63, 3.8) is 0 Å². The van der Waals surface area contributed by atoms with Crippen molar-refractivity contribution < 1.29 is 9.63 Å². The third-order valence-electron chi connectivity index (χ3n) is 6.52. The highest BCUT2D eigenvalue weighted by Gasteiger charge is 2.30. The highest BCUT2D eigenvalue weighted by molar-refractivity contribution is 7.10. The van der Waals surface area contributed by atoms with Gasteiger partial charge in [-0.3, -0.25) is 9.59 Å². The molecule has 0 spiro atoms. The van der Waals surface area contributed by atoms with E-state index >= 15 is 0 Å². The molecule has 0 bridgehead atoms. The number of amides is 1. The molecule has 35 heavy (non-hydrogen) atoms. The standard InChI is InChI=1S/C25H24Cl2N4O3S/c1-15-4-3-9-31(25(15)33)13-22(32)30-10-7-16(8-11-30)24-28-20(14-35-24)19-12-21(34-29-19)23-17(26)5-2-6-18(23)27/h2-6,9,14,16,21H,7-8,10-13H2,1H3. The number of oxime groups is 1. The van der Waals surface area contributed by atoms with Crippen LogP contribution in [-0.2, 0) is 16.2 Å². The van der Waals surface area contributed by atoms with Gasteiger partial charge in [0.15, 0.2) is 6.10 Å². The maximum absolute atomic E-state index is 12.8. The lowest BCUT2D eigenvalue weighted by Crippen LogP contribution is -2.41. The van der Waals surface area contributed by atoms with Gasteiger partial charge in [0, 0.05) is 58.2 Å². The lowest BCUT2D eigenvalue weighted by molar-refractivity contribution is -0.132. The molecule has 1 amide bonds. The highest BCUT2D eigenvalue weighted by atomic mass is 35.5. The van der Waals surface area contributed by atoms with Crippen LogP contribution in [0, 0.1) is 6.92 Å². The van der Waals surface area contributed by atoms with Crippen LogP contribution in [0.2, 0.25) is 10.0 Å². The van der Waals surface area contributed by atoms with E-state index in [1.807, 2.05) is 10.3 Å². The molecular formula is C25H24Cl2N4O3S. The molecule has 1 fully saturated rings. The predicted octanol–water partition coefficient (Wildman–Crippen LogP) is 5.19. The number of benzene rings is 1. The molecule has 2 aliphatic heterocycles. The van der Waals surface area contributed by atoms with Crippen molar-refractivity contribution in [2.75, 3.05) is 13.1 Å². The zero-order chi connectivity index (χ0) is 24.5. The van der Waals surface area contributed by atoms with Crippen LogP contribution < -0.4 is 5.56 Å². The topological polar surface area (TPSA) is 76.8 Å². The number of rotatable bonds is 5. The SMILES string of the molecule is Cc1cccn(CC(=O)N2CCC(c3nc(C4=NOC(c5c(Cl)cccc5Cl)C4)cs3)CC2)c1=O. The minimum absolute atomic E-state index is 0.0299. The van der Waals surface area contributed by atoms with Crippen molar-refractivity contribution in [1.82, 2.24) is 14.5 Å². The van der Waals surface area contributed by atoms with E-state index < -0.39 is 0 Å². The maximum Gasteiger partial charge on any atom is 0.253 e. The maximum atomic E-state index is 12.8. The summed E-state index contributed by atoms with van der Waals surface area (Å²) in [4.78, 5) is 37.3. The summed E-state index contributed by atoms with van der Waals surface area (Å²) in [5, 5.41) is 8.43. The Morgan fingerprint density at radius 3 is 2.66 bits per heavy atom. The van der Waals surface area contributed by atoms with Gasteiger partial charge in [-0.25, -0.2) is 4.98 Å². The second kappa shape index (κ2) is 10.1. The Balaban J connectivity index is 1.18. The molecule has 0 aliphatic carbocycles. The summed E-state index contributed by atoms with van der Waals surface area (Å²) in [6.07, 6.45) is 3.56. The van der Waals surface area contributed by atoms with Gasteiger partial charge in [0.25, 0.3) is 5.56 Å². The Morgan fingerprint density at radius 2 is 1.91 bits per heavy atom. The molecule has 1 saturated heterocycles. The first-order chi connectivity index (χ1) is 16.9. The number of nitrogens with zero attached hydrogens (tertiary/aromatic N) is 4. The van der Waals surface area contributed by atoms with Gasteiger partial charge in [0.1, 0.15) is 12.3 Å². The van der Waals surface area contributed by atoms with E-state index in [0.29, 0.717) is 35.1 Å². The second-order valence-electron chi connectivity index (χ2n) is 8.82. The molecule has 5 rings (SSSR count). The van der Waals surface area contributed by atoms with E-state index in [4.69, 9.17) is 33.0 Å². The van der Waals surface area contributed by atoms with Crippen molar-refractivity contribution in [3.8, 4) is 0 Å². The molecule has 4 heterocycles. The molecule has 3 aromatic rings. The smallest absolute Gasteiger partial charge is 0.253 e. The fourth-order valence-electron chi connectivity index (χ4n) is 4.51.